The number of piperazine rings is 1. The van der Waals surface area contributed by atoms with Crippen molar-refractivity contribution in [3.8, 4) is 0 Å². The summed E-state index contributed by atoms with van der Waals surface area (Å²) < 4.78 is 18.2. The molecule has 0 saturated carbocycles. The van der Waals surface area contributed by atoms with Gasteiger partial charge in [-0.25, -0.2) is 14.8 Å². The molecule has 0 aliphatic carbocycles. The minimum absolute atomic E-state index is 0.00288. The fourth-order valence-corrected chi connectivity index (χ4v) is 5.32. The zero-order chi connectivity index (χ0) is 29.3. The predicted octanol–water partition coefficient (Wildman–Crippen LogP) is 3.99. The van der Waals surface area contributed by atoms with Crippen molar-refractivity contribution in [2.24, 2.45) is 5.92 Å². The predicted molar refractivity (Wildman–Crippen MR) is 158 cm³/mol. The van der Waals surface area contributed by atoms with E-state index in [4.69, 9.17) is 14.2 Å². The molecule has 3 aromatic rings. The van der Waals surface area contributed by atoms with Crippen molar-refractivity contribution in [3.63, 3.8) is 0 Å². The second-order valence-corrected chi connectivity index (χ2v) is 10.6. The fraction of sp³-hybridized carbons (Fsp3) is 0.406. The first-order valence-electron chi connectivity index (χ1n) is 14.4. The highest BCUT2D eigenvalue weighted by Gasteiger charge is 2.39. The number of anilines is 1. The smallest absolute Gasteiger partial charge is 0.407 e. The second-order valence-electron chi connectivity index (χ2n) is 10.6. The number of nitrogens with zero attached hydrogens (tertiary/aromatic N) is 4. The van der Waals surface area contributed by atoms with E-state index in [1.54, 1.807) is 12.4 Å². The molecule has 2 aliphatic heterocycles. The van der Waals surface area contributed by atoms with Crippen LogP contribution in [0.2, 0.25) is 0 Å². The van der Waals surface area contributed by atoms with Gasteiger partial charge in [0.1, 0.15) is 6.61 Å². The van der Waals surface area contributed by atoms with Gasteiger partial charge in [-0.05, 0) is 22.8 Å². The van der Waals surface area contributed by atoms with Crippen molar-refractivity contribution < 1.29 is 24.1 Å². The van der Waals surface area contributed by atoms with Crippen LogP contribution in [0.15, 0.2) is 79.6 Å². The van der Waals surface area contributed by atoms with E-state index in [0.717, 1.165) is 60.9 Å². The van der Waals surface area contributed by atoms with Crippen molar-refractivity contribution in [2.75, 3.05) is 44.2 Å². The molecule has 0 bridgehead atoms. The largest absolute Gasteiger partial charge is 0.445 e. The molecule has 10 heteroatoms. The maximum Gasteiger partial charge on any atom is 0.407 e. The Balaban J connectivity index is 1.27. The molecule has 5 rings (SSSR count). The van der Waals surface area contributed by atoms with E-state index in [1.807, 2.05) is 54.6 Å². The number of hydrogen-bond donors (Lipinski definition) is 2. The van der Waals surface area contributed by atoms with Crippen molar-refractivity contribution in [1.82, 2.24) is 20.2 Å². The highest BCUT2D eigenvalue weighted by Crippen LogP contribution is 2.42. The molecule has 2 fully saturated rings. The number of aliphatic hydroxyl groups is 1. The summed E-state index contributed by atoms with van der Waals surface area (Å²) in [7, 11) is 0. The molecule has 4 atom stereocenters. The van der Waals surface area contributed by atoms with Crippen LogP contribution in [0.1, 0.15) is 41.6 Å². The Kier molecular flexibility index (Phi) is 10.1. The van der Waals surface area contributed by atoms with E-state index >= 15 is 0 Å². The van der Waals surface area contributed by atoms with Crippen LogP contribution in [0.5, 0.6) is 0 Å². The number of rotatable bonds is 10. The number of amides is 1. The maximum absolute atomic E-state index is 11.8. The van der Waals surface area contributed by atoms with Crippen LogP contribution in [0, 0.1) is 5.92 Å². The van der Waals surface area contributed by atoms with E-state index in [9.17, 15) is 9.90 Å². The Morgan fingerprint density at radius 1 is 1.02 bits per heavy atom. The number of hydrogen-bond acceptors (Lipinski definition) is 9. The van der Waals surface area contributed by atoms with Gasteiger partial charge in [0.05, 0.1) is 18.8 Å². The molecule has 0 radical (unpaired) electrons. The molecule has 2 aromatic carbocycles. The zero-order valence-corrected chi connectivity index (χ0v) is 24.0. The van der Waals surface area contributed by atoms with Crippen molar-refractivity contribution in [2.45, 2.75) is 38.6 Å². The van der Waals surface area contributed by atoms with Crippen molar-refractivity contribution in [1.29, 1.82) is 0 Å². The first-order valence-corrected chi connectivity index (χ1v) is 14.4. The lowest BCUT2D eigenvalue weighted by atomic mass is 9.90. The molecule has 222 valence electrons. The molecule has 42 heavy (non-hydrogen) atoms. The molecule has 2 saturated heterocycles. The van der Waals surface area contributed by atoms with Crippen LogP contribution in [0.3, 0.4) is 0 Å². The monoisotopic (exact) mass is 573 g/mol. The third-order valence-electron chi connectivity index (χ3n) is 7.79. The summed E-state index contributed by atoms with van der Waals surface area (Å²) in [6, 6.07) is 17.7. The topological polar surface area (TPSA) is 109 Å². The lowest BCUT2D eigenvalue weighted by Crippen LogP contribution is -2.51. The maximum atomic E-state index is 11.8. The van der Waals surface area contributed by atoms with Gasteiger partial charge < -0.3 is 29.5 Å². The molecule has 4 unspecified atom stereocenters. The Morgan fingerprint density at radius 2 is 1.69 bits per heavy atom. The average Bonchev–Trinajstić information content (AvgIpc) is 3.05. The van der Waals surface area contributed by atoms with Crippen LogP contribution < -0.4 is 10.2 Å². The van der Waals surface area contributed by atoms with Gasteiger partial charge in [-0.1, -0.05) is 68.1 Å². The first kappa shape index (κ1) is 29.7. The van der Waals surface area contributed by atoms with E-state index < -0.39 is 12.4 Å². The van der Waals surface area contributed by atoms with Gasteiger partial charge >= 0.3 is 6.09 Å². The van der Waals surface area contributed by atoms with Gasteiger partial charge in [0.15, 0.2) is 6.29 Å². The van der Waals surface area contributed by atoms with Crippen LogP contribution >= 0.6 is 0 Å². The van der Waals surface area contributed by atoms with Gasteiger partial charge in [0.2, 0.25) is 5.95 Å². The SMILES string of the molecule is C=CCOC(=O)NCc1ccc(C2OC(CN3CCN(c4ncccn4)CC3)C(C)C(c3ccc(CO)cc3)O2)cc1. The first-order chi connectivity index (χ1) is 20.5. The fourth-order valence-electron chi connectivity index (χ4n) is 5.32. The van der Waals surface area contributed by atoms with Gasteiger partial charge in [-0.2, -0.15) is 0 Å². The number of aromatic nitrogens is 2. The average molecular weight is 574 g/mol. The lowest BCUT2D eigenvalue weighted by molar-refractivity contribution is -0.276. The minimum atomic E-state index is -0.549. The normalized spacial score (nSPS) is 22.9. The lowest BCUT2D eigenvalue weighted by Gasteiger charge is -2.44. The van der Waals surface area contributed by atoms with Gasteiger partial charge in [-0.3, -0.25) is 4.90 Å². The summed E-state index contributed by atoms with van der Waals surface area (Å²) in [5, 5.41) is 12.3. The number of carbonyl (C=O) groups is 1. The third-order valence-corrected chi connectivity index (χ3v) is 7.79. The van der Waals surface area contributed by atoms with E-state index in [-0.39, 0.29) is 31.3 Å². The number of carbonyl (C=O) groups excluding carboxylic acids is 1. The molecular formula is C32H39N5O5. The number of aliphatic hydroxyl groups excluding tert-OH is 1. The molecular weight excluding hydrogens is 534 g/mol. The number of alkyl carbamates (subject to hydrolysis) is 1. The Bertz CT molecular complexity index is 1280. The quantitative estimate of drug-likeness (QED) is 0.348. The van der Waals surface area contributed by atoms with Crippen molar-refractivity contribution in [3.05, 3.63) is 102 Å². The summed E-state index contributed by atoms with van der Waals surface area (Å²) >= 11 is 0. The molecule has 1 amide bonds. The Labute approximate surface area is 246 Å². The van der Waals surface area contributed by atoms with Crippen LogP contribution in [0.25, 0.3) is 0 Å². The molecule has 2 aliphatic rings. The standard InChI is InChI=1S/C32H39N5O5/c1-3-19-40-32(39)35-20-24-5-11-27(12-6-24)30-41-28(23(2)29(42-30)26-9-7-25(22-38)8-10-26)21-36-15-17-37(18-16-36)31-33-13-4-14-34-31/h3-14,23,28-30,38H,1,15-22H2,2H3,(H,35,39). The van der Waals surface area contributed by atoms with E-state index in [1.165, 1.54) is 6.08 Å². The van der Waals surface area contributed by atoms with Crippen LogP contribution in [-0.2, 0) is 27.4 Å². The van der Waals surface area contributed by atoms with E-state index in [2.05, 4.69) is 38.6 Å². The second kappa shape index (κ2) is 14.4. The Morgan fingerprint density at radius 3 is 2.36 bits per heavy atom. The summed E-state index contributed by atoms with van der Waals surface area (Å²) in [5.74, 6) is 0.869. The molecule has 2 N–H and O–H groups in total. The highest BCUT2D eigenvalue weighted by atomic mass is 16.7. The number of ether oxygens (including phenoxy) is 3. The summed E-state index contributed by atoms with van der Waals surface area (Å²) in [6.45, 7) is 10.5. The molecule has 0 spiro atoms. The van der Waals surface area contributed by atoms with Crippen LogP contribution in [-0.4, -0.2) is 71.5 Å². The number of nitrogens with one attached hydrogen (secondary N) is 1. The van der Waals surface area contributed by atoms with E-state index in [0.29, 0.717) is 6.54 Å². The highest BCUT2D eigenvalue weighted by molar-refractivity contribution is 5.67. The van der Waals surface area contributed by atoms with Gasteiger partial charge in [0, 0.05) is 63.1 Å². The third kappa shape index (κ3) is 7.51. The van der Waals surface area contributed by atoms with Crippen molar-refractivity contribution >= 4 is 12.0 Å². The Hall–Kier alpha value is -3.83. The van der Waals surface area contributed by atoms with Gasteiger partial charge in [-0.15, -0.1) is 0 Å². The van der Waals surface area contributed by atoms with Crippen LogP contribution in [0.4, 0.5) is 10.7 Å². The summed E-state index contributed by atoms with van der Waals surface area (Å²) in [6.07, 6.45) is 3.81. The molecule has 10 nitrogen and oxygen atoms in total. The van der Waals surface area contributed by atoms with Gasteiger partial charge in [0.25, 0.3) is 0 Å². The molecule has 3 heterocycles. The summed E-state index contributed by atoms with van der Waals surface area (Å²) in [5.41, 5.74) is 3.77. The number of benzene rings is 2. The summed E-state index contributed by atoms with van der Waals surface area (Å²) in [4.78, 5) is 25.2. The molecule has 1 aromatic heterocycles. The minimum Gasteiger partial charge on any atom is -0.445 e. The zero-order valence-electron chi connectivity index (χ0n) is 24.0.